The maximum Gasteiger partial charge on any atom is 0.163 e. The maximum absolute atomic E-state index is 11.3. The number of ketones is 1. The van der Waals surface area contributed by atoms with Crippen molar-refractivity contribution in [2.45, 2.75) is 71.3 Å². The van der Waals surface area contributed by atoms with Gasteiger partial charge in [-0.1, -0.05) is 39.0 Å². The smallest absolute Gasteiger partial charge is 0.163 e. The summed E-state index contributed by atoms with van der Waals surface area (Å²) < 4.78 is 0. The van der Waals surface area contributed by atoms with Crippen LogP contribution < -0.4 is 0 Å². The molecule has 0 atom stereocenters. The molecule has 0 rings (SSSR count). The minimum Gasteiger partial charge on any atom is -0.383 e. The highest BCUT2D eigenvalue weighted by Gasteiger charge is 2.22. The Hall–Kier alpha value is -0.370. The van der Waals surface area contributed by atoms with E-state index in [0.29, 0.717) is 6.42 Å². The molecule has 0 spiro atoms. The van der Waals surface area contributed by atoms with Gasteiger partial charge in [0.1, 0.15) is 5.60 Å². The molecule has 0 aliphatic carbocycles. The van der Waals surface area contributed by atoms with Gasteiger partial charge in [-0.25, -0.2) is 0 Å². The van der Waals surface area contributed by atoms with Crippen molar-refractivity contribution in [2.75, 3.05) is 0 Å². The van der Waals surface area contributed by atoms with Gasteiger partial charge in [0.15, 0.2) is 5.78 Å². The van der Waals surface area contributed by atoms with E-state index in [4.69, 9.17) is 0 Å². The maximum atomic E-state index is 11.3. The first-order valence-electron chi connectivity index (χ1n) is 5.74. The highest BCUT2D eigenvalue weighted by Crippen LogP contribution is 2.11. The van der Waals surface area contributed by atoms with E-state index in [1.807, 2.05) is 0 Å². The van der Waals surface area contributed by atoms with E-state index in [9.17, 15) is 9.90 Å². The molecule has 0 bridgehead atoms. The van der Waals surface area contributed by atoms with Crippen LogP contribution in [0.15, 0.2) is 0 Å². The molecule has 0 saturated carbocycles. The molecule has 2 nitrogen and oxygen atoms in total. The molecule has 0 saturated heterocycles. The number of rotatable bonds is 8. The van der Waals surface area contributed by atoms with Gasteiger partial charge in [0, 0.05) is 6.42 Å². The third-order valence-corrected chi connectivity index (χ3v) is 2.44. The molecule has 0 fully saturated rings. The summed E-state index contributed by atoms with van der Waals surface area (Å²) >= 11 is 0. The highest BCUT2D eigenvalue weighted by molar-refractivity contribution is 5.86. The van der Waals surface area contributed by atoms with Crippen molar-refractivity contribution in [3.05, 3.63) is 0 Å². The molecule has 2 heteroatoms. The van der Waals surface area contributed by atoms with E-state index in [1.54, 1.807) is 13.8 Å². The fourth-order valence-electron chi connectivity index (χ4n) is 1.37. The number of unbranched alkanes of at least 4 members (excludes halogenated alkanes) is 5. The van der Waals surface area contributed by atoms with Crippen molar-refractivity contribution in [1.82, 2.24) is 0 Å². The van der Waals surface area contributed by atoms with E-state index >= 15 is 0 Å². The predicted octanol–water partition coefficient (Wildman–Crippen LogP) is 3.08. The molecular weight excluding hydrogens is 176 g/mol. The van der Waals surface area contributed by atoms with Gasteiger partial charge < -0.3 is 5.11 Å². The van der Waals surface area contributed by atoms with Gasteiger partial charge in [0.25, 0.3) is 0 Å². The molecule has 0 amide bonds. The van der Waals surface area contributed by atoms with E-state index in [0.717, 1.165) is 12.8 Å². The number of hydrogen-bond acceptors (Lipinski definition) is 2. The van der Waals surface area contributed by atoms with Crippen molar-refractivity contribution >= 4 is 5.78 Å². The number of hydrogen-bond donors (Lipinski definition) is 1. The highest BCUT2D eigenvalue weighted by atomic mass is 16.3. The Bertz CT molecular complexity index is 156. The van der Waals surface area contributed by atoms with Gasteiger partial charge in [-0.2, -0.15) is 0 Å². The summed E-state index contributed by atoms with van der Waals surface area (Å²) in [6.07, 6.45) is 7.59. The lowest BCUT2D eigenvalue weighted by atomic mass is 9.98. The zero-order chi connectivity index (χ0) is 11.0. The summed E-state index contributed by atoms with van der Waals surface area (Å²) in [5.41, 5.74) is -1.14. The number of carbonyl (C=O) groups is 1. The molecule has 0 heterocycles. The predicted molar refractivity (Wildman–Crippen MR) is 59.3 cm³/mol. The van der Waals surface area contributed by atoms with Gasteiger partial charge >= 0.3 is 0 Å². The van der Waals surface area contributed by atoms with Gasteiger partial charge in [-0.3, -0.25) is 4.79 Å². The molecule has 0 radical (unpaired) electrons. The van der Waals surface area contributed by atoms with E-state index in [2.05, 4.69) is 6.92 Å². The molecule has 0 aromatic heterocycles. The number of aliphatic hydroxyl groups is 1. The van der Waals surface area contributed by atoms with Crippen LogP contribution in [-0.2, 0) is 4.79 Å². The first-order valence-corrected chi connectivity index (χ1v) is 5.74. The number of Topliss-reactive ketones (excluding diaryl/α,β-unsaturated/α-hetero) is 1. The summed E-state index contributed by atoms with van der Waals surface area (Å²) in [5, 5.41) is 9.38. The van der Waals surface area contributed by atoms with E-state index in [1.165, 1.54) is 25.7 Å². The zero-order valence-corrected chi connectivity index (χ0v) is 9.81. The monoisotopic (exact) mass is 200 g/mol. The summed E-state index contributed by atoms with van der Waals surface area (Å²) in [6.45, 7) is 5.32. The number of carbonyl (C=O) groups excluding carboxylic acids is 1. The largest absolute Gasteiger partial charge is 0.383 e. The fraction of sp³-hybridized carbons (Fsp3) is 0.917. The molecule has 0 aliphatic heterocycles. The molecule has 84 valence electrons. The van der Waals surface area contributed by atoms with Crippen LogP contribution in [0.2, 0.25) is 0 Å². The van der Waals surface area contributed by atoms with Crippen molar-refractivity contribution < 1.29 is 9.90 Å². The quantitative estimate of drug-likeness (QED) is 0.611. The second-order valence-corrected chi connectivity index (χ2v) is 4.50. The summed E-state index contributed by atoms with van der Waals surface area (Å²) in [4.78, 5) is 11.3. The normalized spacial score (nSPS) is 11.7. The minimum atomic E-state index is -1.14. The van der Waals surface area contributed by atoms with Gasteiger partial charge in [0.2, 0.25) is 0 Å². The Morgan fingerprint density at radius 2 is 1.57 bits per heavy atom. The van der Waals surface area contributed by atoms with Crippen molar-refractivity contribution in [1.29, 1.82) is 0 Å². The Morgan fingerprint density at radius 1 is 1.07 bits per heavy atom. The van der Waals surface area contributed by atoms with Crippen LogP contribution in [0.1, 0.15) is 65.7 Å². The molecule has 1 N–H and O–H groups in total. The Labute approximate surface area is 87.7 Å². The molecule has 0 unspecified atom stereocenters. The average Bonchev–Trinajstić information content (AvgIpc) is 2.09. The summed E-state index contributed by atoms with van der Waals surface area (Å²) in [5.74, 6) is -0.0343. The topological polar surface area (TPSA) is 37.3 Å². The van der Waals surface area contributed by atoms with Crippen LogP contribution in [0, 0.1) is 0 Å². The van der Waals surface area contributed by atoms with Crippen molar-refractivity contribution in [3.8, 4) is 0 Å². The average molecular weight is 200 g/mol. The SMILES string of the molecule is CCCCCCCCC(=O)C(C)(C)O. The van der Waals surface area contributed by atoms with Crippen LogP contribution in [-0.4, -0.2) is 16.5 Å². The standard InChI is InChI=1S/C12H24O2/c1-4-5-6-7-8-9-10-11(13)12(2,3)14/h14H,4-10H2,1-3H3. The molecule has 14 heavy (non-hydrogen) atoms. The second-order valence-electron chi connectivity index (χ2n) is 4.50. The van der Waals surface area contributed by atoms with Crippen molar-refractivity contribution in [3.63, 3.8) is 0 Å². The molecule has 0 aromatic carbocycles. The lowest BCUT2D eigenvalue weighted by molar-refractivity contribution is -0.134. The minimum absolute atomic E-state index is 0.0343. The zero-order valence-electron chi connectivity index (χ0n) is 9.81. The van der Waals surface area contributed by atoms with Crippen LogP contribution >= 0.6 is 0 Å². The van der Waals surface area contributed by atoms with Crippen molar-refractivity contribution in [2.24, 2.45) is 0 Å². The Kier molecular flexibility index (Phi) is 6.81. The lowest BCUT2D eigenvalue weighted by Crippen LogP contribution is -2.30. The summed E-state index contributed by atoms with van der Waals surface area (Å²) in [6, 6.07) is 0. The van der Waals surface area contributed by atoms with E-state index in [-0.39, 0.29) is 5.78 Å². The fourth-order valence-corrected chi connectivity index (χ4v) is 1.37. The Balaban J connectivity index is 3.33. The van der Waals surface area contributed by atoms with Gasteiger partial charge in [-0.05, 0) is 20.3 Å². The Morgan fingerprint density at radius 3 is 2.07 bits per heavy atom. The summed E-state index contributed by atoms with van der Waals surface area (Å²) in [7, 11) is 0. The third-order valence-electron chi connectivity index (χ3n) is 2.44. The van der Waals surface area contributed by atoms with E-state index < -0.39 is 5.60 Å². The lowest BCUT2D eigenvalue weighted by Gasteiger charge is -2.14. The van der Waals surface area contributed by atoms with Crippen LogP contribution in [0.3, 0.4) is 0 Å². The first-order chi connectivity index (χ1) is 6.48. The third kappa shape index (κ3) is 7.07. The first kappa shape index (κ1) is 13.6. The van der Waals surface area contributed by atoms with Gasteiger partial charge in [0.05, 0.1) is 0 Å². The second kappa shape index (κ2) is 6.99. The molecule has 0 aliphatic rings. The van der Waals surface area contributed by atoms with Crippen LogP contribution in [0.4, 0.5) is 0 Å². The van der Waals surface area contributed by atoms with Crippen LogP contribution in [0.25, 0.3) is 0 Å². The van der Waals surface area contributed by atoms with Gasteiger partial charge in [-0.15, -0.1) is 0 Å². The van der Waals surface area contributed by atoms with Crippen LogP contribution in [0.5, 0.6) is 0 Å². The molecular formula is C12H24O2. The molecule has 0 aromatic rings.